The van der Waals surface area contributed by atoms with Gasteiger partial charge in [-0.3, -0.25) is 20.4 Å². The van der Waals surface area contributed by atoms with Gasteiger partial charge in [-0.25, -0.2) is 0 Å². The summed E-state index contributed by atoms with van der Waals surface area (Å²) >= 11 is 1.33. The number of carbonyl (C=O) groups excluding carboxylic acids is 2. The predicted molar refractivity (Wildman–Crippen MR) is 101 cm³/mol. The van der Waals surface area contributed by atoms with E-state index in [1.54, 1.807) is 0 Å². The summed E-state index contributed by atoms with van der Waals surface area (Å²) < 4.78 is 1.86. The molecule has 0 saturated carbocycles. The fraction of sp³-hybridized carbons (Fsp3) is 0.0526. The smallest absolute Gasteiger partial charge is 0.281 e. The van der Waals surface area contributed by atoms with Crippen LogP contribution in [0.25, 0.3) is 16.6 Å². The van der Waals surface area contributed by atoms with Gasteiger partial charge < -0.3 is 9.55 Å². The normalized spacial score (nSPS) is 10.8. The van der Waals surface area contributed by atoms with E-state index in [-0.39, 0.29) is 18.2 Å². The summed E-state index contributed by atoms with van der Waals surface area (Å²) in [5.41, 5.74) is 7.63. The first-order chi connectivity index (χ1) is 12.7. The number of nitrogens with zero attached hydrogens (tertiary/aromatic N) is 1. The third kappa shape index (κ3) is 3.12. The maximum Gasteiger partial charge on any atom is 0.281 e. The van der Waals surface area contributed by atoms with Gasteiger partial charge in [0.1, 0.15) is 4.88 Å². The monoisotopic (exact) mass is 364 g/mol. The molecule has 3 N–H and O–H groups in total. The second-order valence-corrected chi connectivity index (χ2v) is 6.68. The van der Waals surface area contributed by atoms with E-state index in [4.69, 9.17) is 0 Å². The molecule has 0 spiro atoms. The third-order valence-corrected chi connectivity index (χ3v) is 4.98. The van der Waals surface area contributed by atoms with E-state index in [1.807, 2.05) is 71.0 Å². The van der Waals surface area contributed by atoms with Crippen LogP contribution in [0.4, 0.5) is 0 Å². The van der Waals surface area contributed by atoms with Gasteiger partial charge in [0.05, 0.1) is 12.1 Å². The number of hydrazine groups is 1. The maximum absolute atomic E-state index is 12.4. The van der Waals surface area contributed by atoms with Gasteiger partial charge in [-0.2, -0.15) is 0 Å². The highest BCUT2D eigenvalue weighted by Crippen LogP contribution is 2.21. The van der Waals surface area contributed by atoms with Crippen molar-refractivity contribution in [3.63, 3.8) is 0 Å². The average molecular weight is 364 g/mol. The van der Waals surface area contributed by atoms with E-state index >= 15 is 0 Å². The van der Waals surface area contributed by atoms with Crippen molar-refractivity contribution in [2.24, 2.45) is 0 Å². The second kappa shape index (κ2) is 6.89. The van der Waals surface area contributed by atoms with Gasteiger partial charge in [-0.15, -0.1) is 11.3 Å². The zero-order chi connectivity index (χ0) is 17.9. The number of H-pyrrole nitrogens is 1. The molecule has 0 saturated heterocycles. The largest absolute Gasteiger partial charge is 0.361 e. The van der Waals surface area contributed by atoms with Crippen LogP contribution in [0.15, 0.2) is 66.4 Å². The number of para-hydroxylation sites is 1. The minimum absolute atomic E-state index is 0.180. The first-order valence-corrected chi connectivity index (χ1v) is 8.95. The fourth-order valence-electron chi connectivity index (χ4n) is 2.85. The third-order valence-electron chi connectivity index (χ3n) is 4.07. The minimum atomic E-state index is -0.337. The molecule has 1 aromatic carbocycles. The Morgan fingerprint density at radius 2 is 1.85 bits per heavy atom. The molecule has 7 heteroatoms. The zero-order valence-corrected chi connectivity index (χ0v) is 14.5. The van der Waals surface area contributed by atoms with Crippen molar-refractivity contribution in [1.82, 2.24) is 20.4 Å². The number of amides is 2. The molecule has 3 heterocycles. The summed E-state index contributed by atoms with van der Waals surface area (Å²) in [6.45, 7) is 0. The fourth-order valence-corrected chi connectivity index (χ4v) is 3.63. The van der Waals surface area contributed by atoms with Gasteiger partial charge in [-0.1, -0.05) is 18.2 Å². The molecule has 0 fully saturated rings. The van der Waals surface area contributed by atoms with Gasteiger partial charge in [0, 0.05) is 29.5 Å². The number of fused-ring (bicyclic) bond motifs is 1. The topological polar surface area (TPSA) is 78.9 Å². The highest BCUT2D eigenvalue weighted by Gasteiger charge is 2.15. The van der Waals surface area contributed by atoms with E-state index in [1.165, 1.54) is 11.3 Å². The summed E-state index contributed by atoms with van der Waals surface area (Å²) in [7, 11) is 0. The van der Waals surface area contributed by atoms with Crippen LogP contribution < -0.4 is 10.9 Å². The Morgan fingerprint density at radius 1 is 1.04 bits per heavy atom. The number of hydrogen-bond acceptors (Lipinski definition) is 3. The quantitative estimate of drug-likeness (QED) is 0.487. The van der Waals surface area contributed by atoms with Gasteiger partial charge in [0.15, 0.2) is 0 Å². The van der Waals surface area contributed by atoms with Crippen LogP contribution in [0.1, 0.15) is 15.2 Å². The van der Waals surface area contributed by atoms with E-state index in [2.05, 4.69) is 15.8 Å². The van der Waals surface area contributed by atoms with Crippen LogP contribution in [-0.4, -0.2) is 21.4 Å². The minimum Gasteiger partial charge on any atom is -0.361 e. The standard InChI is InChI=1S/C19H16N4O2S/c24-17(11-13-12-20-15-6-2-1-5-14(13)15)21-22-19(25)18-16(7-10-26-18)23-8-3-4-9-23/h1-10,12,20H,11H2,(H,21,24)(H,22,25). The van der Waals surface area contributed by atoms with Crippen LogP contribution >= 0.6 is 11.3 Å². The molecule has 26 heavy (non-hydrogen) atoms. The van der Waals surface area contributed by atoms with Gasteiger partial charge in [0.2, 0.25) is 5.91 Å². The first kappa shape index (κ1) is 16.2. The van der Waals surface area contributed by atoms with Crippen molar-refractivity contribution in [3.8, 4) is 5.69 Å². The Balaban J connectivity index is 1.41. The lowest BCUT2D eigenvalue weighted by atomic mass is 10.1. The van der Waals surface area contributed by atoms with Crippen LogP contribution in [-0.2, 0) is 11.2 Å². The highest BCUT2D eigenvalue weighted by atomic mass is 32.1. The number of benzene rings is 1. The Hall–Kier alpha value is -3.32. The number of carbonyl (C=O) groups is 2. The molecule has 0 aliphatic rings. The maximum atomic E-state index is 12.4. The molecule has 0 atom stereocenters. The van der Waals surface area contributed by atoms with Crippen LogP contribution in [0.5, 0.6) is 0 Å². The van der Waals surface area contributed by atoms with Crippen molar-refractivity contribution >= 4 is 34.1 Å². The predicted octanol–water partition coefficient (Wildman–Crippen LogP) is 3.02. The lowest BCUT2D eigenvalue weighted by Gasteiger charge is -2.08. The highest BCUT2D eigenvalue weighted by molar-refractivity contribution is 7.12. The van der Waals surface area contributed by atoms with Crippen molar-refractivity contribution < 1.29 is 9.59 Å². The number of hydrogen-bond donors (Lipinski definition) is 3. The van der Waals surface area contributed by atoms with E-state index in [9.17, 15) is 9.59 Å². The molecule has 4 rings (SSSR count). The molecule has 130 valence electrons. The number of nitrogens with one attached hydrogen (secondary N) is 3. The SMILES string of the molecule is O=C(Cc1c[nH]c2ccccc12)NNC(=O)c1sccc1-n1cccc1. The van der Waals surface area contributed by atoms with Crippen LogP contribution in [0.3, 0.4) is 0 Å². The number of aromatic nitrogens is 2. The summed E-state index contributed by atoms with van der Waals surface area (Å²) in [5.74, 6) is -0.613. The molecule has 3 aromatic heterocycles. The summed E-state index contributed by atoms with van der Waals surface area (Å²) in [4.78, 5) is 28.3. The van der Waals surface area contributed by atoms with Crippen molar-refractivity contribution in [1.29, 1.82) is 0 Å². The zero-order valence-electron chi connectivity index (χ0n) is 13.7. The van der Waals surface area contributed by atoms with E-state index < -0.39 is 0 Å². The molecule has 2 amide bonds. The number of aromatic amines is 1. The molecule has 0 unspecified atom stereocenters. The molecule has 0 aliphatic heterocycles. The number of rotatable bonds is 4. The van der Waals surface area contributed by atoms with Crippen LogP contribution in [0.2, 0.25) is 0 Å². The number of thiophene rings is 1. The Bertz CT molecular complexity index is 1060. The molecule has 0 radical (unpaired) electrons. The summed E-state index contributed by atoms with van der Waals surface area (Å²) in [6, 6.07) is 13.4. The average Bonchev–Trinajstić information content (AvgIpc) is 3.39. The Morgan fingerprint density at radius 3 is 2.69 bits per heavy atom. The van der Waals surface area contributed by atoms with E-state index in [0.29, 0.717) is 4.88 Å². The van der Waals surface area contributed by atoms with Gasteiger partial charge in [0.25, 0.3) is 5.91 Å². The molecule has 0 aliphatic carbocycles. The molecule has 0 bridgehead atoms. The van der Waals surface area contributed by atoms with Gasteiger partial charge in [-0.05, 0) is 35.2 Å². The van der Waals surface area contributed by atoms with Crippen molar-refractivity contribution in [2.45, 2.75) is 6.42 Å². The van der Waals surface area contributed by atoms with Crippen molar-refractivity contribution in [3.05, 3.63) is 76.9 Å². The molecule has 4 aromatic rings. The van der Waals surface area contributed by atoms with Gasteiger partial charge >= 0.3 is 0 Å². The molecular formula is C19H16N4O2S. The first-order valence-electron chi connectivity index (χ1n) is 8.07. The Labute approximate surface area is 153 Å². The second-order valence-electron chi connectivity index (χ2n) is 5.76. The Kier molecular flexibility index (Phi) is 4.28. The van der Waals surface area contributed by atoms with Crippen LogP contribution in [0, 0.1) is 0 Å². The summed E-state index contributed by atoms with van der Waals surface area (Å²) in [5, 5.41) is 2.85. The molecule has 6 nitrogen and oxygen atoms in total. The van der Waals surface area contributed by atoms with Crippen molar-refractivity contribution in [2.75, 3.05) is 0 Å². The summed E-state index contributed by atoms with van der Waals surface area (Å²) in [6.07, 6.45) is 5.73. The van der Waals surface area contributed by atoms with E-state index in [0.717, 1.165) is 22.2 Å². The lowest BCUT2D eigenvalue weighted by molar-refractivity contribution is -0.121. The lowest BCUT2D eigenvalue weighted by Crippen LogP contribution is -2.42. The molecular weight excluding hydrogens is 348 g/mol.